The lowest BCUT2D eigenvalue weighted by Gasteiger charge is -2.13. The van der Waals surface area contributed by atoms with Crippen LogP contribution in [0.15, 0.2) is 10.7 Å². The molecule has 2 rings (SSSR count). The van der Waals surface area contributed by atoms with Crippen LogP contribution in [0.1, 0.15) is 5.69 Å². The van der Waals surface area contributed by atoms with Crippen molar-refractivity contribution in [3.63, 3.8) is 0 Å². The highest BCUT2D eigenvalue weighted by Gasteiger charge is 2.21. The van der Waals surface area contributed by atoms with E-state index >= 15 is 0 Å². The number of nitrogens with zero attached hydrogens (tertiary/aromatic N) is 2. The predicted molar refractivity (Wildman–Crippen MR) is 47.4 cm³/mol. The first kappa shape index (κ1) is 8.25. The van der Waals surface area contributed by atoms with Gasteiger partial charge in [0.15, 0.2) is 9.84 Å². The van der Waals surface area contributed by atoms with Gasteiger partial charge in [-0.3, -0.25) is 4.68 Å². The van der Waals surface area contributed by atoms with Crippen molar-refractivity contribution >= 4 is 25.8 Å². The number of sulfone groups is 1. The molecular formula is C6H7BrN2O2S. The summed E-state index contributed by atoms with van der Waals surface area (Å²) in [5.41, 5.74) is 0.983. The van der Waals surface area contributed by atoms with Gasteiger partial charge in [-0.2, -0.15) is 5.10 Å². The van der Waals surface area contributed by atoms with Crippen molar-refractivity contribution in [2.75, 3.05) is 5.75 Å². The Morgan fingerprint density at radius 1 is 1.58 bits per heavy atom. The minimum absolute atomic E-state index is 0.0218. The van der Waals surface area contributed by atoms with E-state index in [1.54, 1.807) is 0 Å². The zero-order valence-electron chi connectivity index (χ0n) is 6.20. The van der Waals surface area contributed by atoms with Crippen molar-refractivity contribution < 1.29 is 8.42 Å². The molecule has 4 nitrogen and oxygen atoms in total. The maximum Gasteiger partial charge on any atom is 0.170 e. The summed E-state index contributed by atoms with van der Waals surface area (Å²) in [5, 5.41) is 4.00. The minimum atomic E-state index is -2.90. The van der Waals surface area contributed by atoms with Crippen molar-refractivity contribution in [3.8, 4) is 0 Å². The van der Waals surface area contributed by atoms with Gasteiger partial charge < -0.3 is 0 Å². The summed E-state index contributed by atoms with van der Waals surface area (Å²) >= 11 is 3.20. The minimum Gasteiger partial charge on any atom is -0.253 e. The van der Waals surface area contributed by atoms with Gasteiger partial charge in [0, 0.05) is 12.1 Å². The Bertz CT molecular complexity index is 409. The number of aryl methyl sites for hydroxylation is 1. The van der Waals surface area contributed by atoms with Gasteiger partial charge >= 0.3 is 0 Å². The Balaban J connectivity index is 2.47. The van der Waals surface area contributed by atoms with E-state index in [2.05, 4.69) is 21.0 Å². The number of fused-ring (bicyclic) bond motifs is 1. The first-order valence-corrected chi connectivity index (χ1v) is 6.11. The van der Waals surface area contributed by atoms with E-state index in [1.165, 1.54) is 4.68 Å². The molecule has 1 aliphatic rings. The number of halogens is 1. The Morgan fingerprint density at radius 2 is 2.33 bits per heavy atom. The van der Waals surface area contributed by atoms with Gasteiger partial charge in [0.1, 0.15) is 10.5 Å². The van der Waals surface area contributed by atoms with E-state index in [4.69, 9.17) is 0 Å². The molecule has 12 heavy (non-hydrogen) atoms. The van der Waals surface area contributed by atoms with E-state index in [1.807, 2.05) is 6.07 Å². The summed E-state index contributed by atoms with van der Waals surface area (Å²) in [7, 11) is -2.90. The molecule has 0 bridgehead atoms. The summed E-state index contributed by atoms with van der Waals surface area (Å²) in [5.74, 6) is 0.263. The molecule has 0 atom stereocenters. The fraction of sp³-hybridized carbons (Fsp3) is 0.500. The van der Waals surface area contributed by atoms with Crippen LogP contribution in [0, 0.1) is 0 Å². The highest BCUT2D eigenvalue weighted by Crippen LogP contribution is 2.17. The largest absolute Gasteiger partial charge is 0.253 e. The monoisotopic (exact) mass is 250 g/mol. The molecule has 0 N–H and O–H groups in total. The van der Waals surface area contributed by atoms with Crippen molar-refractivity contribution in [2.45, 2.75) is 12.3 Å². The van der Waals surface area contributed by atoms with Crippen LogP contribution in [-0.2, 0) is 22.1 Å². The third-order valence-electron chi connectivity index (χ3n) is 1.82. The second kappa shape index (κ2) is 2.56. The highest BCUT2D eigenvalue weighted by atomic mass is 79.9. The van der Waals surface area contributed by atoms with Gasteiger partial charge in [0.25, 0.3) is 0 Å². The average Bonchev–Trinajstić information content (AvgIpc) is 2.26. The Kier molecular flexibility index (Phi) is 1.76. The topological polar surface area (TPSA) is 52.0 Å². The Morgan fingerprint density at radius 3 is 3.08 bits per heavy atom. The molecule has 0 unspecified atom stereocenters. The van der Waals surface area contributed by atoms with Crippen LogP contribution in [0.5, 0.6) is 0 Å². The lowest BCUT2D eigenvalue weighted by molar-refractivity contribution is 0.556. The van der Waals surface area contributed by atoms with Gasteiger partial charge in [-0.1, -0.05) is 0 Å². The average molecular weight is 251 g/mol. The molecule has 0 saturated carbocycles. The quantitative estimate of drug-likeness (QED) is 0.677. The smallest absolute Gasteiger partial charge is 0.170 e. The summed E-state index contributed by atoms with van der Waals surface area (Å²) in [6, 6.07) is 1.86. The van der Waals surface area contributed by atoms with E-state index < -0.39 is 9.84 Å². The SMILES string of the molecule is O=S1(=O)CCc2cc(Br)nn2C1. The lowest BCUT2D eigenvalue weighted by atomic mass is 10.3. The summed E-state index contributed by atoms with van der Waals surface area (Å²) in [6.07, 6.45) is 0.570. The molecule has 0 fully saturated rings. The van der Waals surface area contributed by atoms with E-state index in [9.17, 15) is 8.42 Å². The van der Waals surface area contributed by atoms with Crippen LogP contribution in [0.25, 0.3) is 0 Å². The molecule has 0 radical (unpaired) electrons. The highest BCUT2D eigenvalue weighted by molar-refractivity contribution is 9.10. The van der Waals surface area contributed by atoms with Gasteiger partial charge in [-0.15, -0.1) is 0 Å². The van der Waals surface area contributed by atoms with Crippen molar-refractivity contribution in [3.05, 3.63) is 16.4 Å². The first-order valence-electron chi connectivity index (χ1n) is 3.49. The summed E-state index contributed by atoms with van der Waals surface area (Å²) in [6.45, 7) is 0. The summed E-state index contributed by atoms with van der Waals surface area (Å²) < 4.78 is 24.5. The zero-order chi connectivity index (χ0) is 8.77. The van der Waals surface area contributed by atoms with Crippen LogP contribution >= 0.6 is 15.9 Å². The maximum absolute atomic E-state index is 11.1. The third-order valence-corrected chi connectivity index (χ3v) is 3.67. The lowest BCUT2D eigenvalue weighted by Crippen LogP contribution is -2.24. The second-order valence-electron chi connectivity index (χ2n) is 2.78. The van der Waals surface area contributed by atoms with Gasteiger partial charge in [0.2, 0.25) is 0 Å². The number of hydrogen-bond acceptors (Lipinski definition) is 3. The normalized spacial score (nSPS) is 20.4. The van der Waals surface area contributed by atoms with Crippen molar-refractivity contribution in [2.24, 2.45) is 0 Å². The fourth-order valence-corrected chi connectivity index (χ4v) is 2.95. The number of hydrogen-bond donors (Lipinski definition) is 0. The number of rotatable bonds is 0. The van der Waals surface area contributed by atoms with E-state index in [0.717, 1.165) is 5.69 Å². The standard InChI is InChI=1S/C6H7BrN2O2S/c7-6-3-5-1-2-12(10,11)4-9(5)8-6/h3H,1-2,4H2. The fourth-order valence-electron chi connectivity index (χ4n) is 1.24. The Hall–Kier alpha value is -0.360. The zero-order valence-corrected chi connectivity index (χ0v) is 8.60. The molecule has 6 heteroatoms. The van der Waals surface area contributed by atoms with Crippen LogP contribution in [0.2, 0.25) is 0 Å². The molecule has 0 aliphatic carbocycles. The van der Waals surface area contributed by atoms with Gasteiger partial charge in [0.05, 0.1) is 5.75 Å². The molecule has 0 amide bonds. The Labute approximate surface area is 78.6 Å². The van der Waals surface area contributed by atoms with Crippen molar-refractivity contribution in [1.29, 1.82) is 0 Å². The number of aromatic nitrogens is 2. The molecular weight excluding hydrogens is 244 g/mol. The molecule has 66 valence electrons. The van der Waals surface area contributed by atoms with Crippen molar-refractivity contribution in [1.82, 2.24) is 9.78 Å². The van der Waals surface area contributed by atoms with Crippen LogP contribution in [0.3, 0.4) is 0 Å². The molecule has 1 aromatic rings. The van der Waals surface area contributed by atoms with Gasteiger partial charge in [-0.25, -0.2) is 8.42 Å². The molecule has 0 spiro atoms. The molecule has 1 aliphatic heterocycles. The summed E-state index contributed by atoms with van der Waals surface area (Å²) in [4.78, 5) is 0. The van der Waals surface area contributed by atoms with E-state index in [0.29, 0.717) is 11.0 Å². The first-order chi connectivity index (χ1) is 5.57. The van der Waals surface area contributed by atoms with Crippen LogP contribution < -0.4 is 0 Å². The second-order valence-corrected chi connectivity index (χ2v) is 5.75. The molecule has 2 heterocycles. The molecule has 1 aromatic heterocycles. The van der Waals surface area contributed by atoms with E-state index in [-0.39, 0.29) is 11.6 Å². The molecule has 0 saturated heterocycles. The van der Waals surface area contributed by atoms with Crippen LogP contribution in [0.4, 0.5) is 0 Å². The van der Waals surface area contributed by atoms with Crippen LogP contribution in [-0.4, -0.2) is 24.0 Å². The third kappa shape index (κ3) is 1.40. The van der Waals surface area contributed by atoms with Gasteiger partial charge in [-0.05, 0) is 22.0 Å². The maximum atomic E-state index is 11.1. The molecule has 0 aromatic carbocycles. The predicted octanol–water partition coefficient (Wildman–Crippen LogP) is 0.574.